The SMILES string of the molecule is CCc1ccnc(C2CNC2)n1. The molecule has 1 aliphatic rings. The van der Waals surface area contributed by atoms with Crippen molar-refractivity contribution in [2.24, 2.45) is 0 Å². The zero-order valence-electron chi connectivity index (χ0n) is 7.25. The van der Waals surface area contributed by atoms with E-state index in [1.54, 1.807) is 0 Å². The molecule has 0 aliphatic carbocycles. The van der Waals surface area contributed by atoms with E-state index in [1.807, 2.05) is 12.3 Å². The summed E-state index contributed by atoms with van der Waals surface area (Å²) in [7, 11) is 0. The minimum atomic E-state index is 0.552. The first kappa shape index (κ1) is 7.68. The van der Waals surface area contributed by atoms with Gasteiger partial charge in [0.15, 0.2) is 0 Å². The summed E-state index contributed by atoms with van der Waals surface area (Å²) in [6.45, 7) is 4.19. The second-order valence-corrected chi connectivity index (χ2v) is 3.11. The van der Waals surface area contributed by atoms with E-state index in [4.69, 9.17) is 0 Å². The standard InChI is InChI=1S/C9H13N3/c1-2-8-3-4-11-9(12-8)7-5-10-6-7/h3-4,7,10H,2,5-6H2,1H3. The van der Waals surface area contributed by atoms with Crippen molar-refractivity contribution in [3.63, 3.8) is 0 Å². The lowest BCUT2D eigenvalue weighted by atomic mass is 10.0. The van der Waals surface area contributed by atoms with Crippen LogP contribution in [0.3, 0.4) is 0 Å². The molecular formula is C9H13N3. The van der Waals surface area contributed by atoms with Gasteiger partial charge in [0.1, 0.15) is 5.82 Å². The molecule has 0 amide bonds. The van der Waals surface area contributed by atoms with Gasteiger partial charge < -0.3 is 5.32 Å². The summed E-state index contributed by atoms with van der Waals surface area (Å²) in [6.07, 6.45) is 2.86. The molecule has 1 aromatic heterocycles. The molecule has 0 saturated carbocycles. The maximum absolute atomic E-state index is 4.46. The summed E-state index contributed by atoms with van der Waals surface area (Å²) < 4.78 is 0. The molecule has 64 valence electrons. The third-order valence-electron chi connectivity index (χ3n) is 2.24. The summed E-state index contributed by atoms with van der Waals surface area (Å²) in [5, 5.41) is 3.22. The van der Waals surface area contributed by atoms with E-state index in [1.165, 1.54) is 0 Å². The molecule has 3 heteroatoms. The van der Waals surface area contributed by atoms with E-state index >= 15 is 0 Å². The van der Waals surface area contributed by atoms with E-state index in [2.05, 4.69) is 22.2 Å². The van der Waals surface area contributed by atoms with E-state index in [0.717, 1.165) is 31.0 Å². The van der Waals surface area contributed by atoms with Crippen molar-refractivity contribution in [1.82, 2.24) is 15.3 Å². The van der Waals surface area contributed by atoms with Crippen LogP contribution in [0.5, 0.6) is 0 Å². The number of hydrogen-bond acceptors (Lipinski definition) is 3. The fourth-order valence-corrected chi connectivity index (χ4v) is 1.28. The summed E-state index contributed by atoms with van der Waals surface area (Å²) in [6, 6.07) is 1.98. The zero-order valence-corrected chi connectivity index (χ0v) is 7.25. The Kier molecular flexibility index (Phi) is 2.04. The monoisotopic (exact) mass is 163 g/mol. The lowest BCUT2D eigenvalue weighted by Crippen LogP contribution is -2.40. The van der Waals surface area contributed by atoms with Gasteiger partial charge in [0.05, 0.1) is 0 Å². The summed E-state index contributed by atoms with van der Waals surface area (Å²) in [5.41, 5.74) is 1.15. The van der Waals surface area contributed by atoms with E-state index in [-0.39, 0.29) is 0 Å². The Hall–Kier alpha value is -0.960. The smallest absolute Gasteiger partial charge is 0.134 e. The van der Waals surface area contributed by atoms with Crippen LogP contribution in [0.4, 0.5) is 0 Å². The van der Waals surface area contributed by atoms with Gasteiger partial charge >= 0.3 is 0 Å². The first-order chi connectivity index (χ1) is 5.90. The van der Waals surface area contributed by atoms with E-state index < -0.39 is 0 Å². The first-order valence-electron chi connectivity index (χ1n) is 4.42. The Balaban J connectivity index is 2.19. The Bertz CT molecular complexity index is 268. The number of hydrogen-bond donors (Lipinski definition) is 1. The predicted molar refractivity (Wildman–Crippen MR) is 47.0 cm³/mol. The second-order valence-electron chi connectivity index (χ2n) is 3.11. The molecule has 0 atom stereocenters. The summed E-state index contributed by atoms with van der Waals surface area (Å²) in [5.74, 6) is 1.56. The second kappa shape index (κ2) is 3.19. The van der Waals surface area contributed by atoms with Crippen LogP contribution < -0.4 is 5.32 Å². The largest absolute Gasteiger partial charge is 0.315 e. The Labute approximate surface area is 72.2 Å². The average molecular weight is 163 g/mol. The molecule has 1 saturated heterocycles. The summed E-state index contributed by atoms with van der Waals surface area (Å²) in [4.78, 5) is 8.72. The third kappa shape index (κ3) is 1.32. The van der Waals surface area contributed by atoms with Crippen molar-refractivity contribution < 1.29 is 0 Å². The highest BCUT2D eigenvalue weighted by Crippen LogP contribution is 2.14. The van der Waals surface area contributed by atoms with Gasteiger partial charge in [-0.15, -0.1) is 0 Å². The molecule has 2 heterocycles. The van der Waals surface area contributed by atoms with Crippen molar-refractivity contribution in [3.05, 3.63) is 23.8 Å². The number of nitrogens with zero attached hydrogens (tertiary/aromatic N) is 2. The molecule has 0 aromatic carbocycles. The van der Waals surface area contributed by atoms with Crippen LogP contribution in [0, 0.1) is 0 Å². The van der Waals surface area contributed by atoms with Crippen LogP contribution in [0.1, 0.15) is 24.4 Å². The number of aryl methyl sites for hydroxylation is 1. The Morgan fingerprint density at radius 1 is 1.58 bits per heavy atom. The molecule has 1 fully saturated rings. The maximum Gasteiger partial charge on any atom is 0.134 e. The van der Waals surface area contributed by atoms with Crippen molar-refractivity contribution >= 4 is 0 Å². The molecule has 0 unspecified atom stereocenters. The van der Waals surface area contributed by atoms with Crippen LogP contribution in [0.25, 0.3) is 0 Å². The van der Waals surface area contributed by atoms with Gasteiger partial charge in [-0.05, 0) is 12.5 Å². The van der Waals surface area contributed by atoms with Gasteiger partial charge in [-0.2, -0.15) is 0 Å². The molecule has 2 rings (SSSR count). The molecule has 0 bridgehead atoms. The van der Waals surface area contributed by atoms with Gasteiger partial charge in [-0.3, -0.25) is 0 Å². The number of nitrogens with one attached hydrogen (secondary N) is 1. The maximum atomic E-state index is 4.46. The van der Waals surface area contributed by atoms with Crippen LogP contribution in [-0.4, -0.2) is 23.1 Å². The van der Waals surface area contributed by atoms with Gasteiger partial charge in [0, 0.05) is 30.9 Å². The van der Waals surface area contributed by atoms with Crippen molar-refractivity contribution in [2.45, 2.75) is 19.3 Å². The van der Waals surface area contributed by atoms with Crippen molar-refractivity contribution in [3.8, 4) is 0 Å². The normalized spacial score (nSPS) is 17.4. The van der Waals surface area contributed by atoms with Crippen LogP contribution >= 0.6 is 0 Å². The highest BCUT2D eigenvalue weighted by Gasteiger charge is 2.21. The van der Waals surface area contributed by atoms with Gasteiger partial charge in [0.25, 0.3) is 0 Å². The van der Waals surface area contributed by atoms with Crippen LogP contribution in [0.2, 0.25) is 0 Å². The molecule has 0 radical (unpaired) electrons. The van der Waals surface area contributed by atoms with E-state index in [0.29, 0.717) is 5.92 Å². The lowest BCUT2D eigenvalue weighted by Gasteiger charge is -2.25. The Morgan fingerprint density at radius 3 is 3.00 bits per heavy atom. The quantitative estimate of drug-likeness (QED) is 0.698. The first-order valence-corrected chi connectivity index (χ1v) is 4.42. The van der Waals surface area contributed by atoms with Gasteiger partial charge in [0.2, 0.25) is 0 Å². The highest BCUT2D eigenvalue weighted by atomic mass is 15.0. The minimum Gasteiger partial charge on any atom is -0.315 e. The molecule has 3 nitrogen and oxygen atoms in total. The fourth-order valence-electron chi connectivity index (χ4n) is 1.28. The number of rotatable bonds is 2. The van der Waals surface area contributed by atoms with Crippen molar-refractivity contribution in [1.29, 1.82) is 0 Å². The predicted octanol–water partition coefficient (Wildman–Crippen LogP) is 0.726. The number of aromatic nitrogens is 2. The van der Waals surface area contributed by atoms with Crippen molar-refractivity contribution in [2.75, 3.05) is 13.1 Å². The van der Waals surface area contributed by atoms with E-state index in [9.17, 15) is 0 Å². The molecule has 1 aliphatic heterocycles. The average Bonchev–Trinajstić information content (AvgIpc) is 2.02. The molecular weight excluding hydrogens is 150 g/mol. The summed E-state index contributed by atoms with van der Waals surface area (Å²) >= 11 is 0. The Morgan fingerprint density at radius 2 is 2.42 bits per heavy atom. The molecule has 12 heavy (non-hydrogen) atoms. The molecule has 1 aromatic rings. The zero-order chi connectivity index (χ0) is 8.39. The van der Waals surface area contributed by atoms with Gasteiger partial charge in [-0.25, -0.2) is 9.97 Å². The van der Waals surface area contributed by atoms with Gasteiger partial charge in [-0.1, -0.05) is 6.92 Å². The topological polar surface area (TPSA) is 37.8 Å². The lowest BCUT2D eigenvalue weighted by molar-refractivity contribution is 0.429. The van der Waals surface area contributed by atoms with Crippen LogP contribution in [-0.2, 0) is 6.42 Å². The highest BCUT2D eigenvalue weighted by molar-refractivity contribution is 5.08. The minimum absolute atomic E-state index is 0.552. The third-order valence-corrected chi connectivity index (χ3v) is 2.24. The molecule has 1 N–H and O–H groups in total. The van der Waals surface area contributed by atoms with Crippen LogP contribution in [0.15, 0.2) is 12.3 Å². The molecule has 0 spiro atoms. The fraction of sp³-hybridized carbons (Fsp3) is 0.556.